The van der Waals surface area contributed by atoms with Crippen LogP contribution in [0.5, 0.6) is 0 Å². The fraction of sp³-hybridized carbons (Fsp3) is 0.471. The van der Waals surface area contributed by atoms with Crippen molar-refractivity contribution < 1.29 is 0 Å². The van der Waals surface area contributed by atoms with Crippen molar-refractivity contribution in [3.8, 4) is 6.07 Å². The largest absolute Gasteiger partial charge is 0.192 e. The SMILES string of the molecule is CCCCCCCC(C=Cc1ccc(C#N)cc1)N=[N+]=[N-]. The monoisotopic (exact) mass is 282 g/mol. The van der Waals surface area contributed by atoms with Crippen LogP contribution in [0.1, 0.15) is 56.6 Å². The summed E-state index contributed by atoms with van der Waals surface area (Å²) in [4.78, 5) is 2.92. The molecule has 1 aromatic carbocycles. The first-order chi connectivity index (χ1) is 10.3. The molecule has 4 nitrogen and oxygen atoms in total. The minimum Gasteiger partial charge on any atom is -0.192 e. The Bertz CT molecular complexity index is 519. The second kappa shape index (κ2) is 10.5. The quantitative estimate of drug-likeness (QED) is 0.251. The first-order valence-corrected chi connectivity index (χ1v) is 7.52. The summed E-state index contributed by atoms with van der Waals surface area (Å²) in [5.41, 5.74) is 10.3. The lowest BCUT2D eigenvalue weighted by molar-refractivity contribution is 0.583. The summed E-state index contributed by atoms with van der Waals surface area (Å²) < 4.78 is 0. The maximum Gasteiger partial charge on any atom is 0.0991 e. The average Bonchev–Trinajstić information content (AvgIpc) is 2.52. The molecule has 0 radical (unpaired) electrons. The van der Waals surface area contributed by atoms with Gasteiger partial charge in [0.25, 0.3) is 0 Å². The lowest BCUT2D eigenvalue weighted by atomic mass is 10.1. The van der Waals surface area contributed by atoms with Gasteiger partial charge < -0.3 is 0 Å². The molecule has 0 aliphatic heterocycles. The number of unbranched alkanes of at least 4 members (excludes halogenated alkanes) is 4. The summed E-state index contributed by atoms with van der Waals surface area (Å²) in [6.07, 6.45) is 10.8. The minimum atomic E-state index is -0.0905. The lowest BCUT2D eigenvalue weighted by Gasteiger charge is -2.05. The fourth-order valence-electron chi connectivity index (χ4n) is 2.11. The first-order valence-electron chi connectivity index (χ1n) is 7.52. The third-order valence-corrected chi connectivity index (χ3v) is 3.35. The smallest absolute Gasteiger partial charge is 0.0991 e. The summed E-state index contributed by atoms with van der Waals surface area (Å²) in [7, 11) is 0. The van der Waals surface area contributed by atoms with Gasteiger partial charge in [-0.15, -0.1) is 0 Å². The van der Waals surface area contributed by atoms with Gasteiger partial charge in [-0.1, -0.05) is 68.4 Å². The lowest BCUT2D eigenvalue weighted by Crippen LogP contribution is -1.98. The van der Waals surface area contributed by atoms with Crippen LogP contribution in [-0.4, -0.2) is 6.04 Å². The van der Waals surface area contributed by atoms with Crippen LogP contribution in [0.3, 0.4) is 0 Å². The van der Waals surface area contributed by atoms with Crippen LogP contribution in [0.2, 0.25) is 0 Å². The topological polar surface area (TPSA) is 72.5 Å². The predicted molar refractivity (Wildman–Crippen MR) is 86.5 cm³/mol. The molecule has 0 spiro atoms. The molecule has 0 bridgehead atoms. The highest BCUT2D eigenvalue weighted by Crippen LogP contribution is 2.13. The molecular formula is C17H22N4. The molecule has 0 aromatic heterocycles. The molecule has 0 fully saturated rings. The van der Waals surface area contributed by atoms with E-state index in [-0.39, 0.29) is 6.04 Å². The van der Waals surface area contributed by atoms with E-state index >= 15 is 0 Å². The van der Waals surface area contributed by atoms with E-state index in [4.69, 9.17) is 10.8 Å². The molecule has 4 heteroatoms. The van der Waals surface area contributed by atoms with Crippen LogP contribution in [-0.2, 0) is 0 Å². The van der Waals surface area contributed by atoms with Gasteiger partial charge in [-0.25, -0.2) is 0 Å². The van der Waals surface area contributed by atoms with Crippen LogP contribution in [0, 0.1) is 11.3 Å². The van der Waals surface area contributed by atoms with Gasteiger partial charge in [0.15, 0.2) is 0 Å². The zero-order chi connectivity index (χ0) is 15.3. The maximum atomic E-state index is 8.75. The maximum absolute atomic E-state index is 8.75. The van der Waals surface area contributed by atoms with Crippen LogP contribution in [0.15, 0.2) is 35.5 Å². The van der Waals surface area contributed by atoms with Gasteiger partial charge in [0, 0.05) is 4.91 Å². The Morgan fingerprint density at radius 3 is 2.57 bits per heavy atom. The number of azide groups is 1. The molecule has 0 aliphatic rings. The van der Waals surface area contributed by atoms with E-state index in [2.05, 4.69) is 23.0 Å². The zero-order valence-corrected chi connectivity index (χ0v) is 12.6. The highest BCUT2D eigenvalue weighted by molar-refractivity contribution is 5.51. The molecule has 1 atom stereocenters. The Hall–Kier alpha value is -2.24. The van der Waals surface area contributed by atoms with E-state index < -0.39 is 0 Å². The highest BCUT2D eigenvalue weighted by atomic mass is 15.1. The molecule has 0 amide bonds. The molecule has 0 saturated heterocycles. The van der Waals surface area contributed by atoms with Crippen molar-refractivity contribution in [3.63, 3.8) is 0 Å². The molecule has 1 rings (SSSR count). The van der Waals surface area contributed by atoms with Gasteiger partial charge in [0.1, 0.15) is 0 Å². The number of benzene rings is 1. The molecule has 21 heavy (non-hydrogen) atoms. The summed E-state index contributed by atoms with van der Waals surface area (Å²) in [5, 5.41) is 12.6. The van der Waals surface area contributed by atoms with Crippen LogP contribution < -0.4 is 0 Å². The second-order valence-electron chi connectivity index (χ2n) is 5.07. The Balaban J connectivity index is 2.50. The average molecular weight is 282 g/mol. The van der Waals surface area contributed by atoms with Crippen molar-refractivity contribution in [2.45, 2.75) is 51.5 Å². The van der Waals surface area contributed by atoms with Crippen LogP contribution in [0.25, 0.3) is 16.5 Å². The van der Waals surface area contributed by atoms with Gasteiger partial charge in [-0.05, 0) is 29.6 Å². The summed E-state index contributed by atoms with van der Waals surface area (Å²) in [5.74, 6) is 0. The Labute approximate surface area is 126 Å². The molecule has 1 aromatic rings. The third kappa shape index (κ3) is 7.20. The second-order valence-corrected chi connectivity index (χ2v) is 5.07. The summed E-state index contributed by atoms with van der Waals surface area (Å²) >= 11 is 0. The van der Waals surface area contributed by atoms with Crippen LogP contribution in [0.4, 0.5) is 0 Å². The normalized spacial score (nSPS) is 11.8. The van der Waals surface area contributed by atoms with Crippen LogP contribution >= 0.6 is 0 Å². The van der Waals surface area contributed by atoms with E-state index in [1.807, 2.05) is 24.3 Å². The van der Waals surface area contributed by atoms with Gasteiger partial charge in [0.05, 0.1) is 17.7 Å². The predicted octanol–water partition coefficient (Wildman–Crippen LogP) is 5.61. The van der Waals surface area contributed by atoms with Gasteiger partial charge >= 0.3 is 0 Å². The van der Waals surface area contributed by atoms with E-state index in [9.17, 15) is 0 Å². The molecule has 0 aliphatic carbocycles. The molecular weight excluding hydrogens is 260 g/mol. The zero-order valence-electron chi connectivity index (χ0n) is 12.6. The Kier molecular flexibility index (Phi) is 8.44. The van der Waals surface area contributed by atoms with Crippen molar-refractivity contribution in [1.82, 2.24) is 0 Å². The van der Waals surface area contributed by atoms with Gasteiger partial charge in [0.2, 0.25) is 0 Å². The number of nitrogens with zero attached hydrogens (tertiary/aromatic N) is 4. The molecule has 110 valence electrons. The van der Waals surface area contributed by atoms with E-state index in [1.165, 1.54) is 25.7 Å². The summed E-state index contributed by atoms with van der Waals surface area (Å²) in [6, 6.07) is 9.36. The molecule has 1 unspecified atom stereocenters. The summed E-state index contributed by atoms with van der Waals surface area (Å²) in [6.45, 7) is 2.20. The Morgan fingerprint density at radius 1 is 1.24 bits per heavy atom. The number of rotatable bonds is 9. The minimum absolute atomic E-state index is 0.0905. The van der Waals surface area contributed by atoms with Crippen molar-refractivity contribution >= 4 is 6.08 Å². The fourth-order valence-corrected chi connectivity index (χ4v) is 2.11. The van der Waals surface area contributed by atoms with E-state index in [0.29, 0.717) is 5.56 Å². The van der Waals surface area contributed by atoms with E-state index in [0.717, 1.165) is 18.4 Å². The molecule has 0 heterocycles. The van der Waals surface area contributed by atoms with Crippen molar-refractivity contribution in [2.24, 2.45) is 5.11 Å². The van der Waals surface area contributed by atoms with Gasteiger partial charge in [-0.3, -0.25) is 0 Å². The van der Waals surface area contributed by atoms with Crippen molar-refractivity contribution in [1.29, 1.82) is 5.26 Å². The highest BCUT2D eigenvalue weighted by Gasteiger charge is 2.01. The molecule has 0 N–H and O–H groups in total. The first kappa shape index (κ1) is 16.8. The number of hydrogen-bond acceptors (Lipinski definition) is 2. The van der Waals surface area contributed by atoms with Crippen molar-refractivity contribution in [2.75, 3.05) is 0 Å². The van der Waals surface area contributed by atoms with Gasteiger partial charge in [-0.2, -0.15) is 5.26 Å². The standard InChI is InChI=1S/C17H22N4/c1-2-3-4-5-6-7-17(20-21-19)13-12-15-8-10-16(14-18)11-9-15/h8-13,17H,2-7H2,1H3. The number of hydrogen-bond donors (Lipinski definition) is 0. The Morgan fingerprint density at radius 2 is 1.95 bits per heavy atom. The van der Waals surface area contributed by atoms with Crippen molar-refractivity contribution in [3.05, 3.63) is 51.9 Å². The number of nitriles is 1. The third-order valence-electron chi connectivity index (χ3n) is 3.35. The molecule has 0 saturated carbocycles. The van der Waals surface area contributed by atoms with E-state index in [1.54, 1.807) is 12.1 Å².